The molecule has 0 saturated carbocycles. The SMILES string of the molecule is O=C(O)c1ccc(-n2c(C3CCOCC3)c(-c3ccc(Cl)cc3)c3cc4c(cc32)CN=C4)cc1. The normalized spacial score (nSPS) is 15.7. The molecule has 2 aliphatic heterocycles. The molecule has 170 valence electrons. The highest BCUT2D eigenvalue weighted by Gasteiger charge is 2.28. The van der Waals surface area contributed by atoms with Crippen LogP contribution in [0.15, 0.2) is 65.7 Å². The van der Waals surface area contributed by atoms with E-state index in [4.69, 9.17) is 16.3 Å². The van der Waals surface area contributed by atoms with Crippen LogP contribution in [0.25, 0.3) is 27.7 Å². The van der Waals surface area contributed by atoms with Crippen LogP contribution in [0.1, 0.15) is 45.9 Å². The summed E-state index contributed by atoms with van der Waals surface area (Å²) in [5, 5.41) is 11.3. The lowest BCUT2D eigenvalue weighted by molar-refractivity contribution is 0.0697. The number of rotatable bonds is 4. The first-order valence-electron chi connectivity index (χ1n) is 11.5. The van der Waals surface area contributed by atoms with Crippen molar-refractivity contribution in [1.29, 1.82) is 0 Å². The fourth-order valence-electron chi connectivity index (χ4n) is 5.22. The topological polar surface area (TPSA) is 63.8 Å². The predicted molar refractivity (Wildman–Crippen MR) is 135 cm³/mol. The van der Waals surface area contributed by atoms with Gasteiger partial charge in [-0.2, -0.15) is 0 Å². The molecule has 3 heterocycles. The Bertz CT molecular complexity index is 1430. The van der Waals surface area contributed by atoms with Gasteiger partial charge < -0.3 is 14.4 Å². The van der Waals surface area contributed by atoms with Gasteiger partial charge in [0, 0.05) is 52.7 Å². The summed E-state index contributed by atoms with van der Waals surface area (Å²) in [6, 6.07) is 19.7. The molecule has 0 aliphatic carbocycles. The number of halogens is 1. The van der Waals surface area contributed by atoms with Crippen LogP contribution in [0.2, 0.25) is 5.02 Å². The number of aromatic carboxylic acids is 1. The van der Waals surface area contributed by atoms with E-state index in [1.165, 1.54) is 22.2 Å². The summed E-state index contributed by atoms with van der Waals surface area (Å²) in [6.45, 7) is 2.14. The van der Waals surface area contributed by atoms with Gasteiger partial charge in [-0.15, -0.1) is 0 Å². The number of nitrogens with zero attached hydrogens (tertiary/aromatic N) is 2. The van der Waals surface area contributed by atoms with Crippen molar-refractivity contribution in [3.8, 4) is 16.8 Å². The third-order valence-electron chi connectivity index (χ3n) is 6.87. The Morgan fingerprint density at radius 2 is 1.76 bits per heavy atom. The second-order valence-corrected chi connectivity index (χ2v) is 9.32. The Labute approximate surface area is 202 Å². The average molecular weight is 471 g/mol. The van der Waals surface area contributed by atoms with E-state index in [1.807, 2.05) is 30.5 Å². The van der Waals surface area contributed by atoms with E-state index in [-0.39, 0.29) is 5.56 Å². The molecule has 1 saturated heterocycles. The molecule has 0 bridgehead atoms. The number of hydrogen-bond donors (Lipinski definition) is 1. The fourth-order valence-corrected chi connectivity index (χ4v) is 5.35. The van der Waals surface area contributed by atoms with Gasteiger partial charge in [0.1, 0.15) is 0 Å². The van der Waals surface area contributed by atoms with E-state index in [0.717, 1.165) is 48.4 Å². The summed E-state index contributed by atoms with van der Waals surface area (Å²) in [7, 11) is 0. The first-order valence-corrected chi connectivity index (χ1v) is 11.9. The second kappa shape index (κ2) is 8.42. The van der Waals surface area contributed by atoms with Crippen molar-refractivity contribution in [3.05, 3.63) is 88.1 Å². The summed E-state index contributed by atoms with van der Waals surface area (Å²) >= 11 is 6.24. The van der Waals surface area contributed by atoms with Crippen LogP contribution in [0.3, 0.4) is 0 Å². The van der Waals surface area contributed by atoms with E-state index < -0.39 is 5.97 Å². The molecule has 34 heavy (non-hydrogen) atoms. The number of hydrogen-bond acceptors (Lipinski definition) is 3. The van der Waals surface area contributed by atoms with Gasteiger partial charge in [0.15, 0.2) is 0 Å². The van der Waals surface area contributed by atoms with Crippen molar-refractivity contribution in [2.24, 2.45) is 4.99 Å². The van der Waals surface area contributed by atoms with Crippen molar-refractivity contribution in [3.63, 3.8) is 0 Å². The monoisotopic (exact) mass is 470 g/mol. The lowest BCUT2D eigenvalue weighted by atomic mass is 9.89. The van der Waals surface area contributed by atoms with Gasteiger partial charge in [0.2, 0.25) is 0 Å². The molecule has 6 rings (SSSR count). The highest BCUT2D eigenvalue weighted by molar-refractivity contribution is 6.30. The zero-order chi connectivity index (χ0) is 23.2. The molecule has 0 unspecified atom stereocenters. The van der Waals surface area contributed by atoms with Gasteiger partial charge >= 0.3 is 5.97 Å². The average Bonchev–Trinajstić information content (AvgIpc) is 3.45. The van der Waals surface area contributed by atoms with Crippen molar-refractivity contribution in [2.45, 2.75) is 25.3 Å². The largest absolute Gasteiger partial charge is 0.478 e. The quantitative estimate of drug-likeness (QED) is 0.371. The van der Waals surface area contributed by atoms with Gasteiger partial charge in [0.05, 0.1) is 17.6 Å². The molecule has 6 heteroatoms. The molecular formula is C28H23ClN2O3. The minimum Gasteiger partial charge on any atom is -0.478 e. The van der Waals surface area contributed by atoms with Crippen molar-refractivity contribution >= 4 is 34.7 Å². The highest BCUT2D eigenvalue weighted by Crippen LogP contribution is 2.44. The number of aliphatic imine (C=N–C) groups is 1. The Morgan fingerprint density at radius 3 is 2.47 bits per heavy atom. The molecule has 0 amide bonds. The van der Waals surface area contributed by atoms with E-state index in [2.05, 4.69) is 33.8 Å². The maximum absolute atomic E-state index is 11.5. The number of ether oxygens (including phenoxy) is 1. The van der Waals surface area contributed by atoms with Crippen LogP contribution in [0.4, 0.5) is 0 Å². The Balaban J connectivity index is 1.69. The lowest BCUT2D eigenvalue weighted by Crippen LogP contribution is -2.17. The number of carboxylic acid groups (broad SMARTS) is 1. The van der Waals surface area contributed by atoms with Crippen LogP contribution < -0.4 is 0 Å². The lowest BCUT2D eigenvalue weighted by Gasteiger charge is -2.26. The molecule has 3 aromatic carbocycles. The predicted octanol–water partition coefficient (Wildman–Crippen LogP) is 6.48. The second-order valence-electron chi connectivity index (χ2n) is 8.88. The van der Waals surface area contributed by atoms with E-state index >= 15 is 0 Å². The molecule has 0 atom stereocenters. The smallest absolute Gasteiger partial charge is 0.335 e. The molecule has 1 N–H and O–H groups in total. The van der Waals surface area contributed by atoms with Crippen LogP contribution >= 0.6 is 11.6 Å². The first-order chi connectivity index (χ1) is 16.6. The number of aromatic nitrogens is 1. The van der Waals surface area contributed by atoms with E-state index in [0.29, 0.717) is 17.5 Å². The molecule has 5 nitrogen and oxygen atoms in total. The third kappa shape index (κ3) is 3.52. The minimum absolute atomic E-state index is 0.278. The van der Waals surface area contributed by atoms with Crippen LogP contribution in [0, 0.1) is 0 Å². The molecule has 0 radical (unpaired) electrons. The Kier molecular flexibility index (Phi) is 5.24. The zero-order valence-electron chi connectivity index (χ0n) is 18.5. The molecule has 2 aliphatic rings. The summed E-state index contributed by atoms with van der Waals surface area (Å²) in [6.07, 6.45) is 3.82. The summed E-state index contributed by atoms with van der Waals surface area (Å²) in [4.78, 5) is 16.0. The molecular weight excluding hydrogens is 448 g/mol. The zero-order valence-corrected chi connectivity index (χ0v) is 19.3. The maximum atomic E-state index is 11.5. The standard InChI is InChI=1S/C28H23ClN2O3/c29-22-5-1-17(2-6-22)26-24-13-20-15-30-16-21(20)14-25(24)31(27(26)18-9-11-34-12-10-18)23-7-3-19(4-8-23)28(32)33/h1-8,13-15,18H,9-12,16H2,(H,32,33). The Morgan fingerprint density at radius 1 is 1.03 bits per heavy atom. The third-order valence-corrected chi connectivity index (χ3v) is 7.12. The molecule has 4 aromatic rings. The van der Waals surface area contributed by atoms with E-state index in [1.54, 1.807) is 12.1 Å². The van der Waals surface area contributed by atoms with Gasteiger partial charge in [-0.05, 0) is 78.1 Å². The fraction of sp³-hybridized carbons (Fsp3) is 0.214. The van der Waals surface area contributed by atoms with Crippen molar-refractivity contribution < 1.29 is 14.6 Å². The van der Waals surface area contributed by atoms with Gasteiger partial charge in [-0.3, -0.25) is 4.99 Å². The van der Waals surface area contributed by atoms with Crippen LogP contribution in [-0.2, 0) is 11.3 Å². The summed E-state index contributed by atoms with van der Waals surface area (Å²) < 4.78 is 8.02. The van der Waals surface area contributed by atoms with E-state index in [9.17, 15) is 9.90 Å². The van der Waals surface area contributed by atoms with Gasteiger partial charge in [-0.1, -0.05) is 23.7 Å². The van der Waals surface area contributed by atoms with Crippen LogP contribution in [0.5, 0.6) is 0 Å². The maximum Gasteiger partial charge on any atom is 0.335 e. The van der Waals surface area contributed by atoms with Gasteiger partial charge in [0.25, 0.3) is 0 Å². The van der Waals surface area contributed by atoms with Crippen molar-refractivity contribution in [1.82, 2.24) is 4.57 Å². The molecule has 1 aromatic heterocycles. The molecule has 1 fully saturated rings. The number of carboxylic acids is 1. The van der Waals surface area contributed by atoms with Crippen molar-refractivity contribution in [2.75, 3.05) is 13.2 Å². The number of benzene rings is 3. The molecule has 0 spiro atoms. The summed E-state index contributed by atoms with van der Waals surface area (Å²) in [5.41, 5.74) is 8.25. The number of fused-ring (bicyclic) bond motifs is 2. The van der Waals surface area contributed by atoms with Gasteiger partial charge in [-0.25, -0.2) is 4.79 Å². The number of carbonyl (C=O) groups is 1. The van der Waals surface area contributed by atoms with Crippen LogP contribution in [-0.4, -0.2) is 35.1 Å². The highest BCUT2D eigenvalue weighted by atomic mass is 35.5. The minimum atomic E-state index is -0.926. The summed E-state index contributed by atoms with van der Waals surface area (Å²) in [5.74, 6) is -0.611. The first kappa shape index (κ1) is 21.1. The Hall–Kier alpha value is -3.41.